The summed E-state index contributed by atoms with van der Waals surface area (Å²) < 4.78 is 2.23. The predicted molar refractivity (Wildman–Crippen MR) is 67.6 cm³/mol. The summed E-state index contributed by atoms with van der Waals surface area (Å²) in [5.74, 6) is 0. The lowest BCUT2D eigenvalue weighted by Gasteiger charge is -2.16. The van der Waals surface area contributed by atoms with Crippen molar-refractivity contribution in [3.05, 3.63) is 54.6 Å². The Morgan fingerprint density at radius 2 is 2.12 bits per heavy atom. The van der Waals surface area contributed by atoms with Crippen molar-refractivity contribution in [3.8, 4) is 0 Å². The molecule has 0 N–H and O–H groups in total. The number of hydrogen-bond acceptors (Lipinski definition) is 2. The molecule has 1 aliphatic rings. The van der Waals surface area contributed by atoms with Gasteiger partial charge in [-0.3, -0.25) is 4.90 Å². The molecule has 0 saturated carbocycles. The van der Waals surface area contributed by atoms with E-state index in [4.69, 9.17) is 0 Å². The molecule has 0 radical (unpaired) electrons. The number of nitrogens with zero attached hydrogens (tertiary/aromatic N) is 3. The van der Waals surface area contributed by atoms with E-state index in [0.717, 1.165) is 13.1 Å². The zero-order valence-corrected chi connectivity index (χ0v) is 9.87. The molecule has 3 rings (SSSR count). The van der Waals surface area contributed by atoms with E-state index in [-0.39, 0.29) is 0 Å². The van der Waals surface area contributed by atoms with Gasteiger partial charge in [-0.1, -0.05) is 30.3 Å². The van der Waals surface area contributed by atoms with Gasteiger partial charge >= 0.3 is 0 Å². The first-order chi connectivity index (χ1) is 8.42. The standard InChI is InChI=1S/C14H17N3/c1-2-4-13(5-3-1)10-16-8-6-14(11-16)17-9-7-15-12-17/h1-5,7,9,12,14H,6,8,10-11H2. The number of imidazole rings is 1. The van der Waals surface area contributed by atoms with Gasteiger partial charge < -0.3 is 4.57 Å². The summed E-state index contributed by atoms with van der Waals surface area (Å²) >= 11 is 0. The minimum absolute atomic E-state index is 0.598. The minimum atomic E-state index is 0.598. The van der Waals surface area contributed by atoms with Gasteiger partial charge in [0.2, 0.25) is 0 Å². The van der Waals surface area contributed by atoms with Crippen molar-refractivity contribution in [2.24, 2.45) is 0 Å². The molecular formula is C14H17N3. The van der Waals surface area contributed by atoms with Gasteiger partial charge in [-0.05, 0) is 12.0 Å². The Labute approximate surface area is 102 Å². The first kappa shape index (κ1) is 10.5. The molecule has 1 atom stereocenters. The van der Waals surface area contributed by atoms with Crippen LogP contribution in [0.2, 0.25) is 0 Å². The van der Waals surface area contributed by atoms with Crippen LogP contribution in [0.3, 0.4) is 0 Å². The monoisotopic (exact) mass is 227 g/mol. The van der Waals surface area contributed by atoms with Gasteiger partial charge in [0, 0.05) is 38.1 Å². The Bertz CT molecular complexity index is 450. The average molecular weight is 227 g/mol. The molecule has 17 heavy (non-hydrogen) atoms. The van der Waals surface area contributed by atoms with Crippen molar-refractivity contribution in [1.29, 1.82) is 0 Å². The smallest absolute Gasteiger partial charge is 0.0948 e. The molecule has 1 aliphatic heterocycles. The van der Waals surface area contributed by atoms with E-state index in [2.05, 4.69) is 51.0 Å². The summed E-state index contributed by atoms with van der Waals surface area (Å²) in [6, 6.07) is 11.3. The second-order valence-corrected chi connectivity index (χ2v) is 4.67. The van der Waals surface area contributed by atoms with Gasteiger partial charge in [0.05, 0.1) is 6.33 Å². The molecule has 2 heterocycles. The first-order valence-electron chi connectivity index (χ1n) is 6.15. The van der Waals surface area contributed by atoms with Gasteiger partial charge in [-0.15, -0.1) is 0 Å². The SMILES string of the molecule is c1ccc(CN2CCC(n3ccnc3)C2)cc1. The summed E-state index contributed by atoms with van der Waals surface area (Å²) in [5, 5.41) is 0. The summed E-state index contributed by atoms with van der Waals surface area (Å²) in [6.07, 6.45) is 7.08. The largest absolute Gasteiger partial charge is 0.333 e. The number of likely N-dealkylation sites (tertiary alicyclic amines) is 1. The number of rotatable bonds is 3. The summed E-state index contributed by atoms with van der Waals surface area (Å²) in [7, 11) is 0. The van der Waals surface area contributed by atoms with Crippen LogP contribution in [-0.4, -0.2) is 27.5 Å². The molecule has 1 fully saturated rings. The van der Waals surface area contributed by atoms with Crippen molar-refractivity contribution in [2.45, 2.75) is 19.0 Å². The van der Waals surface area contributed by atoms with Crippen molar-refractivity contribution in [3.63, 3.8) is 0 Å². The number of aromatic nitrogens is 2. The Kier molecular flexibility index (Phi) is 2.92. The van der Waals surface area contributed by atoms with Crippen LogP contribution in [0.15, 0.2) is 49.1 Å². The fourth-order valence-corrected chi connectivity index (χ4v) is 2.53. The zero-order chi connectivity index (χ0) is 11.5. The zero-order valence-electron chi connectivity index (χ0n) is 9.87. The predicted octanol–water partition coefficient (Wildman–Crippen LogP) is 2.33. The van der Waals surface area contributed by atoms with Crippen molar-refractivity contribution < 1.29 is 0 Å². The van der Waals surface area contributed by atoms with Gasteiger partial charge in [0.15, 0.2) is 0 Å². The molecule has 3 nitrogen and oxygen atoms in total. The quantitative estimate of drug-likeness (QED) is 0.802. The van der Waals surface area contributed by atoms with E-state index in [9.17, 15) is 0 Å². The molecule has 0 amide bonds. The van der Waals surface area contributed by atoms with Crippen molar-refractivity contribution in [1.82, 2.24) is 14.5 Å². The van der Waals surface area contributed by atoms with Crippen molar-refractivity contribution in [2.75, 3.05) is 13.1 Å². The summed E-state index contributed by atoms with van der Waals surface area (Å²) in [5.41, 5.74) is 1.40. The molecule has 1 aromatic heterocycles. The molecular weight excluding hydrogens is 210 g/mol. The first-order valence-corrected chi connectivity index (χ1v) is 6.15. The van der Waals surface area contributed by atoms with E-state index in [1.807, 2.05) is 12.5 Å². The maximum atomic E-state index is 4.12. The number of hydrogen-bond donors (Lipinski definition) is 0. The molecule has 0 bridgehead atoms. The highest BCUT2D eigenvalue weighted by molar-refractivity contribution is 5.14. The van der Waals surface area contributed by atoms with Gasteiger partial charge in [-0.2, -0.15) is 0 Å². The van der Waals surface area contributed by atoms with Gasteiger partial charge in [0.1, 0.15) is 0 Å². The highest BCUT2D eigenvalue weighted by Crippen LogP contribution is 2.22. The molecule has 3 heteroatoms. The average Bonchev–Trinajstić information content (AvgIpc) is 3.00. The summed E-state index contributed by atoms with van der Waals surface area (Å²) in [4.78, 5) is 6.63. The van der Waals surface area contributed by atoms with E-state index in [1.54, 1.807) is 0 Å². The van der Waals surface area contributed by atoms with E-state index >= 15 is 0 Å². The lowest BCUT2D eigenvalue weighted by molar-refractivity contribution is 0.316. The van der Waals surface area contributed by atoms with Crippen LogP contribution in [-0.2, 0) is 6.54 Å². The summed E-state index contributed by atoms with van der Waals surface area (Å²) in [6.45, 7) is 3.37. The maximum absolute atomic E-state index is 4.12. The van der Waals surface area contributed by atoms with Crippen LogP contribution >= 0.6 is 0 Å². The highest BCUT2D eigenvalue weighted by Gasteiger charge is 2.23. The van der Waals surface area contributed by atoms with Crippen LogP contribution in [0.1, 0.15) is 18.0 Å². The number of benzene rings is 1. The van der Waals surface area contributed by atoms with Gasteiger partial charge in [-0.25, -0.2) is 4.98 Å². The van der Waals surface area contributed by atoms with Crippen molar-refractivity contribution >= 4 is 0 Å². The third-order valence-corrected chi connectivity index (χ3v) is 3.44. The maximum Gasteiger partial charge on any atom is 0.0948 e. The van der Waals surface area contributed by atoms with E-state index in [0.29, 0.717) is 6.04 Å². The Balaban J connectivity index is 1.61. The fraction of sp³-hybridized carbons (Fsp3) is 0.357. The van der Waals surface area contributed by atoms with E-state index in [1.165, 1.54) is 18.5 Å². The molecule has 1 aromatic carbocycles. The van der Waals surface area contributed by atoms with Crippen LogP contribution in [0, 0.1) is 0 Å². The van der Waals surface area contributed by atoms with Gasteiger partial charge in [0.25, 0.3) is 0 Å². The normalized spacial score (nSPS) is 20.8. The third-order valence-electron chi connectivity index (χ3n) is 3.44. The topological polar surface area (TPSA) is 21.1 Å². The fourth-order valence-electron chi connectivity index (χ4n) is 2.53. The van der Waals surface area contributed by atoms with E-state index < -0.39 is 0 Å². The molecule has 1 saturated heterocycles. The highest BCUT2D eigenvalue weighted by atomic mass is 15.2. The molecule has 2 aromatic rings. The second-order valence-electron chi connectivity index (χ2n) is 4.67. The minimum Gasteiger partial charge on any atom is -0.333 e. The lowest BCUT2D eigenvalue weighted by Crippen LogP contribution is -2.20. The van der Waals surface area contributed by atoms with Crippen LogP contribution < -0.4 is 0 Å². The third kappa shape index (κ3) is 2.39. The molecule has 1 unspecified atom stereocenters. The van der Waals surface area contributed by atoms with Crippen LogP contribution in [0.4, 0.5) is 0 Å². The lowest BCUT2D eigenvalue weighted by atomic mass is 10.2. The molecule has 0 aliphatic carbocycles. The van der Waals surface area contributed by atoms with Crippen LogP contribution in [0.25, 0.3) is 0 Å². The molecule has 0 spiro atoms. The Morgan fingerprint density at radius 1 is 1.24 bits per heavy atom. The van der Waals surface area contributed by atoms with Crippen LogP contribution in [0.5, 0.6) is 0 Å². The second kappa shape index (κ2) is 4.72. The Morgan fingerprint density at radius 3 is 2.88 bits per heavy atom. The Hall–Kier alpha value is -1.61. The molecule has 88 valence electrons.